The number of nitrogens with one attached hydrogen (secondary N) is 2. The van der Waals surface area contributed by atoms with E-state index in [1.54, 1.807) is 19.1 Å². The average Bonchev–Trinajstić information content (AvgIpc) is 2.43. The lowest BCUT2D eigenvalue weighted by Crippen LogP contribution is -2.19. The molecule has 0 fully saturated rings. The van der Waals surface area contributed by atoms with Crippen molar-refractivity contribution in [2.75, 3.05) is 10.6 Å². The molecule has 0 radical (unpaired) electrons. The van der Waals surface area contributed by atoms with E-state index in [1.807, 2.05) is 31.2 Å². The Labute approximate surface area is 117 Å². The third-order valence-corrected chi connectivity index (χ3v) is 3.02. The molecule has 4 heteroatoms. The summed E-state index contributed by atoms with van der Waals surface area (Å²) in [5, 5.41) is 5.33. The van der Waals surface area contributed by atoms with Gasteiger partial charge in [-0.25, -0.2) is 9.18 Å². The summed E-state index contributed by atoms with van der Waals surface area (Å²) in [6.07, 6.45) is 0.903. The second kappa shape index (κ2) is 6.19. The first-order chi connectivity index (χ1) is 9.58. The molecule has 0 saturated carbocycles. The summed E-state index contributed by atoms with van der Waals surface area (Å²) in [6, 6.07) is 11.8. The Morgan fingerprint density at radius 1 is 1.10 bits per heavy atom. The summed E-state index contributed by atoms with van der Waals surface area (Å²) in [6.45, 7) is 3.73. The molecular formula is C16H17FN2O. The molecule has 0 spiro atoms. The minimum Gasteiger partial charge on any atom is -0.308 e. The smallest absolute Gasteiger partial charge is 0.308 e. The number of benzene rings is 2. The van der Waals surface area contributed by atoms with Gasteiger partial charge >= 0.3 is 6.03 Å². The van der Waals surface area contributed by atoms with Crippen molar-refractivity contribution >= 4 is 17.4 Å². The fourth-order valence-corrected chi connectivity index (χ4v) is 1.83. The van der Waals surface area contributed by atoms with Gasteiger partial charge in [0.2, 0.25) is 0 Å². The summed E-state index contributed by atoms with van der Waals surface area (Å²) >= 11 is 0. The van der Waals surface area contributed by atoms with Crippen LogP contribution in [0.4, 0.5) is 20.6 Å². The second-order valence-electron chi connectivity index (χ2n) is 4.60. The van der Waals surface area contributed by atoms with Crippen molar-refractivity contribution in [3.05, 3.63) is 59.4 Å². The molecule has 0 aliphatic rings. The van der Waals surface area contributed by atoms with Crippen molar-refractivity contribution in [2.45, 2.75) is 20.3 Å². The van der Waals surface area contributed by atoms with Crippen molar-refractivity contribution < 1.29 is 9.18 Å². The van der Waals surface area contributed by atoms with Gasteiger partial charge in [0.05, 0.1) is 0 Å². The maximum absolute atomic E-state index is 13.4. The number of urea groups is 1. The zero-order chi connectivity index (χ0) is 14.5. The minimum atomic E-state index is -0.387. The van der Waals surface area contributed by atoms with E-state index in [1.165, 1.54) is 6.07 Å². The standard InChI is InChI=1S/C16H17FN2O/c1-3-12-5-4-6-13(9-12)18-16(20)19-14-8-7-11(2)15(17)10-14/h4-10H,3H2,1-2H3,(H2,18,19,20). The van der Waals surface area contributed by atoms with E-state index in [9.17, 15) is 9.18 Å². The molecule has 0 saturated heterocycles. The van der Waals surface area contributed by atoms with Crippen molar-refractivity contribution in [1.82, 2.24) is 0 Å². The van der Waals surface area contributed by atoms with Crippen LogP contribution in [0.1, 0.15) is 18.1 Å². The van der Waals surface area contributed by atoms with Gasteiger partial charge in [-0.2, -0.15) is 0 Å². The number of hydrogen-bond donors (Lipinski definition) is 2. The van der Waals surface area contributed by atoms with Crippen molar-refractivity contribution in [1.29, 1.82) is 0 Å². The third kappa shape index (κ3) is 3.57. The van der Waals surface area contributed by atoms with E-state index in [0.717, 1.165) is 17.7 Å². The van der Waals surface area contributed by atoms with E-state index in [2.05, 4.69) is 10.6 Å². The van der Waals surface area contributed by atoms with Crippen LogP contribution in [-0.2, 0) is 6.42 Å². The van der Waals surface area contributed by atoms with Crippen LogP contribution in [0.5, 0.6) is 0 Å². The number of aryl methyl sites for hydroxylation is 2. The van der Waals surface area contributed by atoms with Gasteiger partial charge in [0.25, 0.3) is 0 Å². The van der Waals surface area contributed by atoms with Gasteiger partial charge in [-0.15, -0.1) is 0 Å². The van der Waals surface area contributed by atoms with Crippen molar-refractivity contribution in [3.63, 3.8) is 0 Å². The highest BCUT2D eigenvalue weighted by molar-refractivity contribution is 5.99. The van der Waals surface area contributed by atoms with Crippen LogP contribution in [0.15, 0.2) is 42.5 Å². The van der Waals surface area contributed by atoms with Gasteiger partial charge in [-0.1, -0.05) is 25.1 Å². The maximum atomic E-state index is 13.4. The third-order valence-electron chi connectivity index (χ3n) is 3.02. The fourth-order valence-electron chi connectivity index (χ4n) is 1.83. The highest BCUT2D eigenvalue weighted by Gasteiger charge is 2.05. The Morgan fingerprint density at radius 2 is 1.80 bits per heavy atom. The lowest BCUT2D eigenvalue weighted by molar-refractivity contribution is 0.262. The van der Waals surface area contributed by atoms with Crippen LogP contribution < -0.4 is 10.6 Å². The first kappa shape index (κ1) is 14.1. The molecule has 3 nitrogen and oxygen atoms in total. The molecule has 0 heterocycles. The summed E-state index contributed by atoms with van der Waals surface area (Å²) in [7, 11) is 0. The van der Waals surface area contributed by atoms with Gasteiger partial charge in [0, 0.05) is 11.4 Å². The number of amides is 2. The van der Waals surface area contributed by atoms with E-state index < -0.39 is 0 Å². The number of rotatable bonds is 3. The van der Waals surface area contributed by atoms with E-state index in [-0.39, 0.29) is 11.8 Å². The molecule has 0 atom stereocenters. The number of hydrogen-bond acceptors (Lipinski definition) is 1. The number of halogens is 1. The van der Waals surface area contributed by atoms with Gasteiger partial charge < -0.3 is 10.6 Å². The average molecular weight is 272 g/mol. The molecule has 104 valence electrons. The molecular weight excluding hydrogens is 255 g/mol. The van der Waals surface area contributed by atoms with Gasteiger partial charge in [-0.05, 0) is 48.7 Å². The van der Waals surface area contributed by atoms with E-state index >= 15 is 0 Å². The van der Waals surface area contributed by atoms with Crippen molar-refractivity contribution in [2.24, 2.45) is 0 Å². The molecule has 2 aromatic carbocycles. The first-order valence-corrected chi connectivity index (χ1v) is 6.51. The summed E-state index contributed by atoms with van der Waals surface area (Å²) in [5.74, 6) is -0.337. The molecule has 0 aliphatic carbocycles. The molecule has 2 rings (SSSR count). The topological polar surface area (TPSA) is 41.1 Å². The lowest BCUT2D eigenvalue weighted by atomic mass is 10.1. The summed E-state index contributed by atoms with van der Waals surface area (Å²) in [5.41, 5.74) is 2.84. The van der Waals surface area contributed by atoms with Crippen LogP contribution in [0.25, 0.3) is 0 Å². The quantitative estimate of drug-likeness (QED) is 0.857. The maximum Gasteiger partial charge on any atom is 0.323 e. The Morgan fingerprint density at radius 3 is 2.45 bits per heavy atom. The fraction of sp³-hybridized carbons (Fsp3) is 0.188. The van der Waals surface area contributed by atoms with Gasteiger partial charge in [0.1, 0.15) is 5.82 Å². The minimum absolute atomic E-state index is 0.337. The van der Waals surface area contributed by atoms with E-state index in [4.69, 9.17) is 0 Å². The van der Waals surface area contributed by atoms with Crippen LogP contribution in [0, 0.1) is 12.7 Å². The molecule has 0 aromatic heterocycles. The predicted molar refractivity (Wildman–Crippen MR) is 79.6 cm³/mol. The Balaban J connectivity index is 2.03. The van der Waals surface area contributed by atoms with Gasteiger partial charge in [0.15, 0.2) is 0 Å². The normalized spacial score (nSPS) is 10.2. The molecule has 2 aromatic rings. The zero-order valence-electron chi connectivity index (χ0n) is 11.5. The summed E-state index contributed by atoms with van der Waals surface area (Å²) < 4.78 is 13.4. The molecule has 2 N–H and O–H groups in total. The van der Waals surface area contributed by atoms with Crippen LogP contribution >= 0.6 is 0 Å². The SMILES string of the molecule is CCc1cccc(NC(=O)Nc2ccc(C)c(F)c2)c1. The largest absolute Gasteiger partial charge is 0.323 e. The Bertz CT molecular complexity index is 626. The first-order valence-electron chi connectivity index (χ1n) is 6.51. The Kier molecular flexibility index (Phi) is 4.35. The molecule has 0 aliphatic heterocycles. The molecule has 20 heavy (non-hydrogen) atoms. The molecule has 0 unspecified atom stereocenters. The van der Waals surface area contributed by atoms with Crippen LogP contribution in [0.3, 0.4) is 0 Å². The van der Waals surface area contributed by atoms with Crippen LogP contribution in [0.2, 0.25) is 0 Å². The monoisotopic (exact) mass is 272 g/mol. The summed E-state index contributed by atoms with van der Waals surface area (Å²) in [4.78, 5) is 11.8. The zero-order valence-corrected chi connectivity index (χ0v) is 11.5. The number of carbonyl (C=O) groups is 1. The van der Waals surface area contributed by atoms with Crippen LogP contribution in [-0.4, -0.2) is 6.03 Å². The van der Waals surface area contributed by atoms with Gasteiger partial charge in [-0.3, -0.25) is 0 Å². The predicted octanol–water partition coefficient (Wildman–Crippen LogP) is 4.34. The number of carbonyl (C=O) groups excluding carboxylic acids is 1. The second-order valence-corrected chi connectivity index (χ2v) is 4.60. The lowest BCUT2D eigenvalue weighted by Gasteiger charge is -2.09. The number of anilines is 2. The molecule has 2 amide bonds. The van der Waals surface area contributed by atoms with E-state index in [0.29, 0.717) is 11.3 Å². The molecule has 0 bridgehead atoms. The highest BCUT2D eigenvalue weighted by Crippen LogP contribution is 2.15. The highest BCUT2D eigenvalue weighted by atomic mass is 19.1. The Hall–Kier alpha value is -2.36. The van der Waals surface area contributed by atoms with Crippen molar-refractivity contribution in [3.8, 4) is 0 Å².